The van der Waals surface area contributed by atoms with Gasteiger partial charge in [-0.3, -0.25) is 4.90 Å². The monoisotopic (exact) mass is 361 g/mol. The van der Waals surface area contributed by atoms with Gasteiger partial charge in [0.1, 0.15) is 18.6 Å². The van der Waals surface area contributed by atoms with Gasteiger partial charge in [-0.1, -0.05) is 19.3 Å². The molecule has 0 radical (unpaired) electrons. The predicted octanol–water partition coefficient (Wildman–Crippen LogP) is 2.74. The summed E-state index contributed by atoms with van der Waals surface area (Å²) >= 11 is 0. The molecule has 0 amide bonds. The Bertz CT molecular complexity index is 568. The molecular formula is C21H35N3O2. The minimum atomic E-state index is -0.252. The van der Waals surface area contributed by atoms with E-state index in [2.05, 4.69) is 34.7 Å². The zero-order valence-electron chi connectivity index (χ0n) is 16.5. The topological polar surface area (TPSA) is 39.2 Å². The van der Waals surface area contributed by atoms with Crippen LogP contribution in [0.1, 0.15) is 51.9 Å². The van der Waals surface area contributed by atoms with Crippen molar-refractivity contribution in [3.63, 3.8) is 0 Å². The van der Waals surface area contributed by atoms with E-state index in [9.17, 15) is 5.11 Å². The van der Waals surface area contributed by atoms with Crippen molar-refractivity contribution in [3.8, 4) is 0 Å². The summed E-state index contributed by atoms with van der Waals surface area (Å²) in [6.45, 7) is 7.04. The Labute approximate surface area is 158 Å². The van der Waals surface area contributed by atoms with Crippen molar-refractivity contribution in [1.29, 1.82) is 0 Å². The van der Waals surface area contributed by atoms with Gasteiger partial charge in [-0.15, -0.1) is 0 Å². The SMILES string of the molecule is C[C@@H]1CN(C2=CC3=C(CC2)N(C)CCO3)CCN1C(O)C1CCCCC1. The van der Waals surface area contributed by atoms with Gasteiger partial charge in [0.15, 0.2) is 0 Å². The second-order valence-corrected chi connectivity index (χ2v) is 8.56. The third-order valence-electron chi connectivity index (χ3n) is 6.84. The second-order valence-electron chi connectivity index (χ2n) is 8.56. The average molecular weight is 362 g/mol. The van der Waals surface area contributed by atoms with Crippen LogP contribution in [0.4, 0.5) is 0 Å². The molecule has 0 aromatic rings. The van der Waals surface area contributed by atoms with Crippen LogP contribution in [0.3, 0.4) is 0 Å². The third kappa shape index (κ3) is 3.61. The minimum Gasteiger partial charge on any atom is -0.490 e. The molecule has 0 spiro atoms. The Balaban J connectivity index is 1.39. The molecule has 146 valence electrons. The highest BCUT2D eigenvalue weighted by molar-refractivity contribution is 5.30. The molecule has 2 atom stereocenters. The van der Waals surface area contributed by atoms with Crippen molar-refractivity contribution < 1.29 is 9.84 Å². The van der Waals surface area contributed by atoms with Crippen molar-refractivity contribution in [3.05, 3.63) is 23.2 Å². The van der Waals surface area contributed by atoms with E-state index in [0.717, 1.165) is 51.4 Å². The Kier molecular flexibility index (Phi) is 5.46. The quantitative estimate of drug-likeness (QED) is 0.837. The molecule has 0 aromatic carbocycles. The van der Waals surface area contributed by atoms with Crippen LogP contribution < -0.4 is 0 Å². The number of ether oxygens (including phenoxy) is 1. The van der Waals surface area contributed by atoms with Gasteiger partial charge in [0.25, 0.3) is 0 Å². The molecular weight excluding hydrogens is 326 g/mol. The molecule has 4 rings (SSSR count). The average Bonchev–Trinajstić information content (AvgIpc) is 2.68. The molecule has 2 aliphatic carbocycles. The lowest BCUT2D eigenvalue weighted by Crippen LogP contribution is -2.57. The van der Waals surface area contributed by atoms with E-state index in [1.807, 2.05) is 0 Å². The van der Waals surface area contributed by atoms with Gasteiger partial charge in [0.2, 0.25) is 0 Å². The van der Waals surface area contributed by atoms with E-state index in [1.165, 1.54) is 43.5 Å². The number of allylic oxidation sites excluding steroid dienone is 3. The summed E-state index contributed by atoms with van der Waals surface area (Å²) in [5, 5.41) is 10.9. The second kappa shape index (κ2) is 7.81. The van der Waals surface area contributed by atoms with Crippen LogP contribution in [0.25, 0.3) is 0 Å². The van der Waals surface area contributed by atoms with Crippen LogP contribution in [0.15, 0.2) is 23.2 Å². The van der Waals surface area contributed by atoms with Gasteiger partial charge < -0.3 is 19.6 Å². The van der Waals surface area contributed by atoms with Gasteiger partial charge in [-0.05, 0) is 38.5 Å². The maximum absolute atomic E-state index is 10.9. The lowest BCUT2D eigenvalue weighted by molar-refractivity contribution is -0.0893. The number of likely N-dealkylation sites (N-methyl/N-ethyl adjacent to an activating group) is 1. The van der Waals surface area contributed by atoms with Crippen LogP contribution in [-0.2, 0) is 4.74 Å². The summed E-state index contributed by atoms with van der Waals surface area (Å²) in [7, 11) is 2.17. The van der Waals surface area contributed by atoms with Gasteiger partial charge in [-0.25, -0.2) is 0 Å². The highest BCUT2D eigenvalue weighted by Crippen LogP contribution is 2.33. The standard InChI is InChI=1S/C21H35N3O2/c1-16-15-23(10-11-24(16)21(25)17-6-4-3-5-7-17)18-8-9-19-20(14-18)26-13-12-22(19)2/h14,16-17,21,25H,3-13,15H2,1-2H3/t16-,21?/m1/s1. The number of aliphatic hydroxyl groups excluding tert-OH is 1. The molecule has 2 fully saturated rings. The number of nitrogens with zero attached hydrogens (tertiary/aromatic N) is 3. The van der Waals surface area contributed by atoms with Crippen molar-refractivity contribution in [2.75, 3.05) is 39.8 Å². The third-order valence-corrected chi connectivity index (χ3v) is 6.84. The Hall–Kier alpha value is -1.20. The number of piperazine rings is 1. The number of aliphatic hydroxyl groups is 1. The normalized spacial score (nSPS) is 30.0. The van der Waals surface area contributed by atoms with Gasteiger partial charge in [-0.2, -0.15) is 0 Å². The van der Waals surface area contributed by atoms with E-state index >= 15 is 0 Å². The fourth-order valence-electron chi connectivity index (χ4n) is 5.19. The number of hydrogen-bond donors (Lipinski definition) is 1. The van der Waals surface area contributed by atoms with Crippen molar-refractivity contribution >= 4 is 0 Å². The van der Waals surface area contributed by atoms with E-state index in [1.54, 1.807) is 0 Å². The maximum atomic E-state index is 10.9. The summed E-state index contributed by atoms with van der Waals surface area (Å²) in [5.74, 6) is 1.56. The molecule has 1 saturated heterocycles. The summed E-state index contributed by atoms with van der Waals surface area (Å²) in [5.41, 5.74) is 2.78. The fourth-order valence-corrected chi connectivity index (χ4v) is 5.19. The van der Waals surface area contributed by atoms with Crippen LogP contribution in [0.5, 0.6) is 0 Å². The molecule has 0 bridgehead atoms. The summed E-state index contributed by atoms with van der Waals surface area (Å²) in [6.07, 6.45) is 10.5. The first-order valence-corrected chi connectivity index (χ1v) is 10.6. The summed E-state index contributed by atoms with van der Waals surface area (Å²) < 4.78 is 5.92. The predicted molar refractivity (Wildman–Crippen MR) is 103 cm³/mol. The van der Waals surface area contributed by atoms with Gasteiger partial charge in [0.05, 0.1) is 12.2 Å². The lowest BCUT2D eigenvalue weighted by Gasteiger charge is -2.46. The van der Waals surface area contributed by atoms with E-state index in [4.69, 9.17) is 4.74 Å². The smallest absolute Gasteiger partial charge is 0.140 e. The fraction of sp³-hybridized carbons (Fsp3) is 0.810. The van der Waals surface area contributed by atoms with Crippen LogP contribution in [0.2, 0.25) is 0 Å². The molecule has 26 heavy (non-hydrogen) atoms. The summed E-state index contributed by atoms with van der Waals surface area (Å²) in [4.78, 5) is 7.22. The Morgan fingerprint density at radius 3 is 2.69 bits per heavy atom. The Morgan fingerprint density at radius 1 is 1.12 bits per heavy atom. The molecule has 0 aromatic heterocycles. The molecule has 5 nitrogen and oxygen atoms in total. The number of rotatable bonds is 3. The van der Waals surface area contributed by atoms with Crippen LogP contribution in [0, 0.1) is 5.92 Å². The van der Waals surface area contributed by atoms with E-state index < -0.39 is 0 Å². The maximum Gasteiger partial charge on any atom is 0.140 e. The van der Waals surface area contributed by atoms with E-state index in [-0.39, 0.29) is 6.23 Å². The zero-order valence-corrected chi connectivity index (χ0v) is 16.5. The lowest BCUT2D eigenvalue weighted by atomic mass is 9.87. The zero-order chi connectivity index (χ0) is 18.1. The first-order valence-electron chi connectivity index (χ1n) is 10.6. The van der Waals surface area contributed by atoms with Crippen molar-refractivity contribution in [2.45, 2.75) is 64.1 Å². The van der Waals surface area contributed by atoms with Gasteiger partial charge in [0, 0.05) is 44.5 Å². The summed E-state index contributed by atoms with van der Waals surface area (Å²) in [6, 6.07) is 0.395. The molecule has 5 heteroatoms. The molecule has 4 aliphatic rings. The molecule has 1 N–H and O–H groups in total. The molecule has 2 aliphatic heterocycles. The number of hydrogen-bond acceptors (Lipinski definition) is 5. The minimum absolute atomic E-state index is 0.252. The van der Waals surface area contributed by atoms with Crippen molar-refractivity contribution in [1.82, 2.24) is 14.7 Å². The molecule has 1 saturated carbocycles. The van der Waals surface area contributed by atoms with Crippen LogP contribution in [-0.4, -0.2) is 71.9 Å². The van der Waals surface area contributed by atoms with Crippen LogP contribution >= 0.6 is 0 Å². The molecule has 2 heterocycles. The van der Waals surface area contributed by atoms with Crippen molar-refractivity contribution in [2.24, 2.45) is 5.92 Å². The highest BCUT2D eigenvalue weighted by atomic mass is 16.5. The largest absolute Gasteiger partial charge is 0.490 e. The van der Waals surface area contributed by atoms with Gasteiger partial charge >= 0.3 is 0 Å². The van der Waals surface area contributed by atoms with E-state index in [0.29, 0.717) is 12.0 Å². The first-order chi connectivity index (χ1) is 12.6. The molecule has 1 unspecified atom stereocenters. The highest BCUT2D eigenvalue weighted by Gasteiger charge is 2.34. The Morgan fingerprint density at radius 2 is 1.92 bits per heavy atom. The first kappa shape index (κ1) is 18.2.